The molecule has 0 bridgehead atoms. The van der Waals surface area contributed by atoms with Crippen LogP contribution in [0.25, 0.3) is 174 Å². The van der Waals surface area contributed by atoms with Gasteiger partial charge in [-0.15, -0.1) is 119 Å². The molecule has 23 aromatic rings. The summed E-state index contributed by atoms with van der Waals surface area (Å²) in [6.45, 7) is 34.1. The SMILES string of the molecule is Cc1cc(-c2ccccc2)cc(C)c1-n1ccnc1-c1[c-]cc2c(c1)nc(C)n2C.Cc1cc(C)c(-n2ccnc2-c2[c-]cc3c(c2)nc(C)n3C)c(C)c1.Cc1cccc(C)c1-n1ccnc1-c1[c-]cc2c(c1)nc(C)n2C.Cc1nc2cc(-c3nccn3-c3c(-c4ccccc4)cccc3-c3ccccc3)[c-]cc2n1C.Cc1nc2cc(-c3nccn3-c3c(C(C)C)cccc3C(C)C)[c-]cc2n1C.[Ir].[Ir].[Ir].[Ir].[Ir]. The first-order valence-electron chi connectivity index (χ1n) is 47.7. The van der Waals surface area contributed by atoms with Gasteiger partial charge in [0.25, 0.3) is 0 Å². The predicted molar refractivity (Wildman–Crippen MR) is 572 cm³/mol. The van der Waals surface area contributed by atoms with E-state index in [-0.39, 0.29) is 101 Å². The van der Waals surface area contributed by atoms with Crippen molar-refractivity contribution in [2.24, 2.45) is 35.2 Å². The molecule has 0 aliphatic carbocycles. The zero-order chi connectivity index (χ0) is 98.5. The number of rotatable bonds is 15. The third kappa shape index (κ3) is 21.4. The predicted octanol–water partition coefficient (Wildman–Crippen LogP) is 27.1. The first-order valence-corrected chi connectivity index (χ1v) is 47.7. The third-order valence-corrected chi connectivity index (χ3v) is 27.0. The molecule has 747 valence electrons. The van der Waals surface area contributed by atoms with Gasteiger partial charge in [-0.1, -0.05) is 191 Å². The van der Waals surface area contributed by atoms with E-state index >= 15 is 0 Å². The number of aryl methyl sites for hydroxylation is 17. The smallest absolute Gasteiger partial charge is 0.0957 e. The van der Waals surface area contributed by atoms with Gasteiger partial charge in [0, 0.05) is 259 Å². The van der Waals surface area contributed by atoms with E-state index in [0.29, 0.717) is 11.8 Å². The molecule has 0 saturated heterocycles. The quantitative estimate of drug-likeness (QED) is 0.0897. The van der Waals surface area contributed by atoms with E-state index in [9.17, 15) is 0 Å². The van der Waals surface area contributed by atoms with Crippen LogP contribution in [0.15, 0.2) is 292 Å². The van der Waals surface area contributed by atoms with E-state index in [1.165, 1.54) is 78.3 Å². The van der Waals surface area contributed by atoms with Gasteiger partial charge in [-0.3, -0.25) is 49.8 Å². The Balaban J connectivity index is 0.000000144. The Morgan fingerprint density at radius 1 is 0.233 bits per heavy atom. The molecule has 0 saturated carbocycles. The Morgan fingerprint density at radius 2 is 0.473 bits per heavy atom. The monoisotopic (exact) mass is 2810 g/mol. The minimum absolute atomic E-state index is 0. The maximum atomic E-state index is 4.77. The van der Waals surface area contributed by atoms with Crippen LogP contribution in [0.1, 0.15) is 119 Å². The number of hydrogen-bond donors (Lipinski definition) is 0. The zero-order valence-corrected chi connectivity index (χ0v) is 97.5. The van der Waals surface area contributed by atoms with Gasteiger partial charge >= 0.3 is 0 Å². The average Bonchev–Trinajstić information content (AvgIpc) is 1.55. The van der Waals surface area contributed by atoms with Crippen molar-refractivity contribution in [3.8, 4) is 119 Å². The Kier molecular flexibility index (Phi) is 34.1. The molecule has 0 unspecified atom stereocenters. The van der Waals surface area contributed by atoms with Crippen LogP contribution in [0.4, 0.5) is 0 Å². The summed E-state index contributed by atoms with van der Waals surface area (Å²) in [6.07, 6.45) is 19.4. The number of para-hydroxylation sites is 3. The number of imidazole rings is 10. The van der Waals surface area contributed by atoms with Gasteiger partial charge in [0.05, 0.1) is 63.9 Å². The summed E-state index contributed by atoms with van der Waals surface area (Å²) in [7, 11) is 10.1. The van der Waals surface area contributed by atoms with Gasteiger partial charge < -0.3 is 45.7 Å². The topological polar surface area (TPSA) is 178 Å². The molecule has 10 aromatic heterocycles. The van der Waals surface area contributed by atoms with Crippen LogP contribution in [0.5, 0.6) is 0 Å². The van der Waals surface area contributed by atoms with Crippen molar-refractivity contribution in [2.45, 2.75) is 123 Å². The number of fused-ring (bicyclic) bond motifs is 5. The first-order chi connectivity index (χ1) is 68.1. The fraction of sp³-hybridized carbons (Fsp3) is 0.190. The maximum absolute atomic E-state index is 4.77. The van der Waals surface area contributed by atoms with E-state index in [4.69, 9.17) is 15.0 Å². The summed E-state index contributed by atoms with van der Waals surface area (Å²) in [5.41, 5.74) is 39.2. The Bertz CT molecular complexity index is 8460. The van der Waals surface area contributed by atoms with Crippen LogP contribution < -0.4 is 0 Å². The molecule has 20 nitrogen and oxygen atoms in total. The van der Waals surface area contributed by atoms with Gasteiger partial charge in [-0.2, -0.15) is 0 Å². The zero-order valence-electron chi connectivity index (χ0n) is 85.5. The standard InChI is InChI=1S/C30H23N4.C26H23N4.C24H27N4.C21H21N4.C20H19N4.5Ir/c1-21-32-27-20-24(16-17-28(27)33(21)2)30-31-18-19-34(30)29-25(22-10-5-3-6-11-22)14-9-15-26(29)23-12-7-4-8-13-23;1-17-14-22(20-8-6-5-7-9-20)15-18(2)25(17)30-13-12-27-26(30)21-10-11-24-23(16-21)28-19(3)29(24)4;1-15(2)19-8-7-9-20(16(3)4)23(19)28-13-12-25-24(28)18-10-11-22-21(14-18)26-17(5)27(22)6;1-13-10-14(2)20(15(3)11-13)25-9-8-22-21(25)17-6-7-19-18(12-17)23-16(4)24(19)5;1-13-6-5-7-14(2)19(13)24-11-10-21-20(24)16-8-9-18-17(12-16)22-15(3)23(18)4;;;;;/h3-15,17-20H,1-2H3;5-9,11-16H,1-4H3;7-9,11-16H,1-6H3;7-12H,1-5H3;5-7,9-12H,1-4H3;;;;;/q5*-1;;;;;. The summed E-state index contributed by atoms with van der Waals surface area (Å²) < 4.78 is 21.3. The van der Waals surface area contributed by atoms with Crippen molar-refractivity contribution in [3.63, 3.8) is 0 Å². The van der Waals surface area contributed by atoms with Crippen LogP contribution >= 0.6 is 0 Å². The minimum atomic E-state index is 0. The summed E-state index contributed by atoms with van der Waals surface area (Å²) in [4.78, 5) is 46.6. The van der Waals surface area contributed by atoms with Crippen LogP contribution in [0, 0.1) is 113 Å². The summed E-state index contributed by atoms with van der Waals surface area (Å²) in [6, 6.07) is 97.3. The summed E-state index contributed by atoms with van der Waals surface area (Å²) in [5, 5.41) is 0. The molecule has 0 aliphatic heterocycles. The van der Waals surface area contributed by atoms with Gasteiger partial charge in [0.15, 0.2) is 0 Å². The summed E-state index contributed by atoms with van der Waals surface area (Å²) in [5.74, 6) is 10.2. The normalized spacial score (nSPS) is 11.0. The van der Waals surface area contributed by atoms with E-state index in [1.54, 1.807) is 0 Å². The van der Waals surface area contributed by atoms with Gasteiger partial charge in [-0.25, -0.2) is 0 Å². The Hall–Kier alpha value is -13.5. The Labute approximate surface area is 921 Å². The van der Waals surface area contributed by atoms with Crippen molar-refractivity contribution in [1.82, 2.24) is 95.5 Å². The van der Waals surface area contributed by atoms with Crippen molar-refractivity contribution in [2.75, 3.05) is 0 Å². The molecule has 13 aromatic carbocycles. The van der Waals surface area contributed by atoms with E-state index in [0.717, 1.165) is 175 Å². The number of aromatic nitrogens is 20. The molecule has 10 heterocycles. The fourth-order valence-corrected chi connectivity index (χ4v) is 19.5. The molecule has 146 heavy (non-hydrogen) atoms. The van der Waals surface area contributed by atoms with Crippen molar-refractivity contribution >= 4 is 55.2 Å². The molecule has 5 radical (unpaired) electrons. The van der Waals surface area contributed by atoms with Gasteiger partial charge in [0.1, 0.15) is 0 Å². The maximum Gasteiger partial charge on any atom is 0.0957 e. The Morgan fingerprint density at radius 3 is 0.753 bits per heavy atom. The van der Waals surface area contributed by atoms with Crippen LogP contribution in [-0.4, -0.2) is 95.5 Å². The van der Waals surface area contributed by atoms with Gasteiger partial charge in [-0.05, 0) is 201 Å². The molecular formula is C121H113Ir5N20-5. The largest absolute Gasteiger partial charge is 0.371 e. The third-order valence-electron chi connectivity index (χ3n) is 27.0. The van der Waals surface area contributed by atoms with E-state index in [1.807, 2.05) is 174 Å². The molecular weight excluding hydrogens is 2690 g/mol. The fourth-order valence-electron chi connectivity index (χ4n) is 19.5. The molecule has 25 heteroatoms. The average molecular weight is 2810 g/mol. The molecule has 0 amide bonds. The van der Waals surface area contributed by atoms with Crippen LogP contribution in [0.2, 0.25) is 0 Å². The molecule has 0 N–H and O–H groups in total. The van der Waals surface area contributed by atoms with Crippen LogP contribution in [-0.2, 0) is 136 Å². The molecule has 0 spiro atoms. The minimum Gasteiger partial charge on any atom is -0.371 e. The van der Waals surface area contributed by atoms with Crippen molar-refractivity contribution in [3.05, 3.63) is 402 Å². The second-order valence-electron chi connectivity index (χ2n) is 37.1. The van der Waals surface area contributed by atoms with Gasteiger partial charge in [0.2, 0.25) is 0 Å². The summed E-state index contributed by atoms with van der Waals surface area (Å²) >= 11 is 0. The molecule has 0 atom stereocenters. The molecule has 0 fully saturated rings. The first kappa shape index (κ1) is 108. The van der Waals surface area contributed by atoms with Crippen molar-refractivity contribution in [1.29, 1.82) is 0 Å². The molecule has 0 aliphatic rings. The molecule has 23 rings (SSSR count). The van der Waals surface area contributed by atoms with E-state index < -0.39 is 0 Å². The van der Waals surface area contributed by atoms with E-state index in [2.05, 4.69) is 375 Å². The van der Waals surface area contributed by atoms with Crippen LogP contribution in [0.3, 0.4) is 0 Å². The second kappa shape index (κ2) is 46.1. The second-order valence-corrected chi connectivity index (χ2v) is 37.1. The van der Waals surface area contributed by atoms with Crippen molar-refractivity contribution < 1.29 is 101 Å². The number of benzene rings is 13. The number of nitrogens with zero attached hydrogens (tertiary/aromatic N) is 20. The number of hydrogen-bond acceptors (Lipinski definition) is 10.